The standard InChI is InChI=1S/C17H17N3O5S2/c1-13-7-9-15(10-8-13)27(23,24)18-11-16-19-20-17(25-16)26(21,22)12-14-5-3-2-4-6-14/h2-10,18H,11-12H2,1H3. The van der Waals surface area contributed by atoms with Crippen molar-refractivity contribution in [2.75, 3.05) is 0 Å². The summed E-state index contributed by atoms with van der Waals surface area (Å²) in [5.41, 5.74) is 1.51. The predicted molar refractivity (Wildman–Crippen MR) is 96.8 cm³/mol. The molecule has 142 valence electrons. The van der Waals surface area contributed by atoms with Gasteiger partial charge in [0.05, 0.1) is 17.2 Å². The van der Waals surface area contributed by atoms with Gasteiger partial charge in [0.15, 0.2) is 0 Å². The van der Waals surface area contributed by atoms with Gasteiger partial charge >= 0.3 is 5.22 Å². The van der Waals surface area contributed by atoms with Gasteiger partial charge in [0.1, 0.15) is 0 Å². The summed E-state index contributed by atoms with van der Waals surface area (Å²) in [7, 11) is -7.60. The Morgan fingerprint density at radius 2 is 1.59 bits per heavy atom. The van der Waals surface area contributed by atoms with Crippen LogP contribution in [0.25, 0.3) is 0 Å². The molecule has 1 aromatic heterocycles. The first-order valence-electron chi connectivity index (χ1n) is 7.92. The summed E-state index contributed by atoms with van der Waals surface area (Å²) in [5, 5.41) is 6.60. The number of nitrogens with zero attached hydrogens (tertiary/aromatic N) is 2. The van der Waals surface area contributed by atoms with Crippen LogP contribution in [0.4, 0.5) is 0 Å². The maximum atomic E-state index is 12.3. The van der Waals surface area contributed by atoms with Crippen LogP contribution >= 0.6 is 0 Å². The SMILES string of the molecule is Cc1ccc(S(=O)(=O)NCc2nnc(S(=O)(=O)Cc3ccccc3)o2)cc1. The van der Waals surface area contributed by atoms with Gasteiger partial charge < -0.3 is 4.42 Å². The number of rotatable bonds is 7. The Kier molecular flexibility index (Phi) is 5.40. The summed E-state index contributed by atoms with van der Waals surface area (Å²) in [6.07, 6.45) is 0. The van der Waals surface area contributed by atoms with E-state index in [0.29, 0.717) is 5.56 Å². The van der Waals surface area contributed by atoms with Crippen LogP contribution in [0.2, 0.25) is 0 Å². The van der Waals surface area contributed by atoms with E-state index in [2.05, 4.69) is 14.9 Å². The van der Waals surface area contributed by atoms with Gasteiger partial charge in [-0.15, -0.1) is 5.10 Å². The van der Waals surface area contributed by atoms with Crippen molar-refractivity contribution in [1.29, 1.82) is 0 Å². The van der Waals surface area contributed by atoms with Crippen LogP contribution in [0.5, 0.6) is 0 Å². The highest BCUT2D eigenvalue weighted by molar-refractivity contribution is 7.90. The van der Waals surface area contributed by atoms with Gasteiger partial charge in [-0.05, 0) is 24.6 Å². The second-order valence-corrected chi connectivity index (χ2v) is 9.48. The summed E-state index contributed by atoms with van der Waals surface area (Å²) in [6.45, 7) is 1.53. The third kappa shape index (κ3) is 4.79. The molecule has 10 heteroatoms. The van der Waals surface area contributed by atoms with Gasteiger partial charge in [-0.1, -0.05) is 53.1 Å². The molecule has 1 N–H and O–H groups in total. The number of aryl methyl sites for hydroxylation is 1. The van der Waals surface area contributed by atoms with Crippen molar-refractivity contribution in [3.05, 3.63) is 71.6 Å². The fraction of sp³-hybridized carbons (Fsp3) is 0.176. The Morgan fingerprint density at radius 1 is 0.926 bits per heavy atom. The molecule has 0 saturated carbocycles. The quantitative estimate of drug-likeness (QED) is 0.634. The van der Waals surface area contributed by atoms with Crippen molar-refractivity contribution in [3.8, 4) is 0 Å². The number of sulfone groups is 1. The lowest BCUT2D eigenvalue weighted by atomic mass is 10.2. The van der Waals surface area contributed by atoms with E-state index < -0.39 is 25.1 Å². The molecule has 0 radical (unpaired) electrons. The summed E-state index contributed by atoms with van der Waals surface area (Å²) in [6, 6.07) is 14.9. The number of sulfonamides is 1. The molecule has 0 saturated heterocycles. The van der Waals surface area contributed by atoms with Gasteiger partial charge in [0.25, 0.3) is 0 Å². The highest BCUT2D eigenvalue weighted by Gasteiger charge is 2.23. The van der Waals surface area contributed by atoms with Gasteiger partial charge in [-0.25, -0.2) is 21.6 Å². The van der Waals surface area contributed by atoms with Crippen LogP contribution in [0.1, 0.15) is 17.0 Å². The molecule has 0 spiro atoms. The summed E-state index contributed by atoms with van der Waals surface area (Å²) >= 11 is 0. The van der Waals surface area contributed by atoms with E-state index in [-0.39, 0.29) is 23.1 Å². The van der Waals surface area contributed by atoms with Crippen LogP contribution in [0.3, 0.4) is 0 Å². The molecule has 0 aliphatic carbocycles. The van der Waals surface area contributed by atoms with Crippen molar-refractivity contribution in [3.63, 3.8) is 0 Å². The summed E-state index contributed by atoms with van der Waals surface area (Å²) < 4.78 is 56.6. The second-order valence-electron chi connectivity index (χ2n) is 5.84. The molecule has 0 aliphatic heterocycles. The minimum absolute atomic E-state index is 0.0875. The zero-order valence-corrected chi connectivity index (χ0v) is 16.0. The second kappa shape index (κ2) is 7.59. The van der Waals surface area contributed by atoms with E-state index >= 15 is 0 Å². The fourth-order valence-corrected chi connectivity index (χ4v) is 4.37. The van der Waals surface area contributed by atoms with Gasteiger partial charge in [0.2, 0.25) is 25.8 Å². The maximum absolute atomic E-state index is 12.3. The molecule has 8 nitrogen and oxygen atoms in total. The number of hydrogen-bond acceptors (Lipinski definition) is 7. The lowest BCUT2D eigenvalue weighted by Gasteiger charge is -2.04. The minimum Gasteiger partial charge on any atom is -0.411 e. The van der Waals surface area contributed by atoms with E-state index in [1.54, 1.807) is 42.5 Å². The molecular weight excluding hydrogens is 390 g/mol. The van der Waals surface area contributed by atoms with Crippen LogP contribution in [0.15, 0.2) is 69.1 Å². The predicted octanol–water partition coefficient (Wildman–Crippen LogP) is 1.83. The van der Waals surface area contributed by atoms with Gasteiger partial charge in [-0.3, -0.25) is 0 Å². The number of nitrogens with one attached hydrogen (secondary N) is 1. The van der Waals surface area contributed by atoms with Crippen molar-refractivity contribution in [1.82, 2.24) is 14.9 Å². The topological polar surface area (TPSA) is 119 Å². The van der Waals surface area contributed by atoms with Crippen molar-refractivity contribution < 1.29 is 21.3 Å². The average molecular weight is 407 g/mol. The van der Waals surface area contributed by atoms with Gasteiger partial charge in [0, 0.05) is 0 Å². The third-order valence-corrected chi connectivity index (χ3v) is 6.49. The summed E-state index contributed by atoms with van der Waals surface area (Å²) in [4.78, 5) is 0.0875. The van der Waals surface area contributed by atoms with Crippen molar-refractivity contribution in [2.24, 2.45) is 0 Å². The van der Waals surface area contributed by atoms with E-state index in [1.807, 2.05) is 6.92 Å². The van der Waals surface area contributed by atoms with Crippen LogP contribution < -0.4 is 4.72 Å². The number of benzene rings is 2. The molecule has 0 atom stereocenters. The smallest absolute Gasteiger partial charge is 0.335 e. The Hall–Kier alpha value is -2.56. The Balaban J connectivity index is 1.70. The molecule has 1 heterocycles. The molecule has 0 unspecified atom stereocenters. The Morgan fingerprint density at radius 3 is 2.26 bits per heavy atom. The third-order valence-electron chi connectivity index (χ3n) is 3.66. The first-order chi connectivity index (χ1) is 12.8. The van der Waals surface area contributed by atoms with Crippen LogP contribution in [0, 0.1) is 6.92 Å². The fourth-order valence-electron chi connectivity index (χ4n) is 2.25. The largest absolute Gasteiger partial charge is 0.411 e. The minimum atomic E-state index is -3.82. The Bertz CT molecular complexity index is 1120. The first-order valence-corrected chi connectivity index (χ1v) is 11.1. The molecular formula is C17H17N3O5S2. The molecule has 27 heavy (non-hydrogen) atoms. The zero-order valence-electron chi connectivity index (χ0n) is 14.4. The van der Waals surface area contributed by atoms with Gasteiger partial charge in [-0.2, -0.15) is 0 Å². The number of aromatic nitrogens is 2. The highest BCUT2D eigenvalue weighted by Crippen LogP contribution is 2.16. The molecule has 0 amide bonds. The molecule has 0 aliphatic rings. The maximum Gasteiger partial charge on any atom is 0.335 e. The average Bonchev–Trinajstić information content (AvgIpc) is 3.11. The van der Waals surface area contributed by atoms with Crippen LogP contribution in [-0.2, 0) is 32.2 Å². The monoisotopic (exact) mass is 407 g/mol. The summed E-state index contributed by atoms with van der Waals surface area (Å²) in [5.74, 6) is -0.429. The van der Waals surface area contributed by atoms with Crippen molar-refractivity contribution in [2.45, 2.75) is 29.3 Å². The highest BCUT2D eigenvalue weighted by atomic mass is 32.2. The normalized spacial score (nSPS) is 12.2. The molecule has 3 rings (SSSR count). The molecule has 2 aromatic carbocycles. The first kappa shape index (κ1) is 19.2. The van der Waals surface area contributed by atoms with E-state index in [1.165, 1.54) is 12.1 Å². The molecule has 0 fully saturated rings. The molecule has 3 aromatic rings. The lowest BCUT2D eigenvalue weighted by molar-refractivity contribution is 0.393. The lowest BCUT2D eigenvalue weighted by Crippen LogP contribution is -2.23. The number of hydrogen-bond donors (Lipinski definition) is 1. The zero-order chi connectivity index (χ0) is 19.5. The van der Waals surface area contributed by atoms with Crippen LogP contribution in [-0.4, -0.2) is 27.0 Å². The molecule has 0 bridgehead atoms. The Labute approximate surface area is 157 Å². The van der Waals surface area contributed by atoms with E-state index in [9.17, 15) is 16.8 Å². The van der Waals surface area contributed by atoms with E-state index in [4.69, 9.17) is 4.42 Å². The van der Waals surface area contributed by atoms with E-state index in [0.717, 1.165) is 5.56 Å². The van der Waals surface area contributed by atoms with Crippen molar-refractivity contribution >= 4 is 19.9 Å².